The molecule has 22 heavy (non-hydrogen) atoms. The molecule has 0 unspecified atom stereocenters. The molecule has 0 aliphatic heterocycles. The van der Waals surface area contributed by atoms with Gasteiger partial charge < -0.3 is 10.6 Å². The minimum atomic E-state index is 0.672. The van der Waals surface area contributed by atoms with Gasteiger partial charge in [-0.2, -0.15) is 5.10 Å². The Morgan fingerprint density at radius 1 is 1.32 bits per heavy atom. The van der Waals surface area contributed by atoms with Crippen molar-refractivity contribution in [3.05, 3.63) is 59.9 Å². The summed E-state index contributed by atoms with van der Waals surface area (Å²) in [6, 6.07) is 10.3. The van der Waals surface area contributed by atoms with Gasteiger partial charge in [-0.15, -0.1) is 6.58 Å². The minimum Gasteiger partial charge on any atom is -0.353 e. The van der Waals surface area contributed by atoms with E-state index < -0.39 is 0 Å². The highest BCUT2D eigenvalue weighted by atomic mass is 15.3. The standard InChI is InChI=1S/C17H23N5/c1-5-10-19-17(18-4)20-12-15-8-6-7-9-16(15)22-14(3)11-13(2)21-22/h5-9,11H,1,10,12H2,2-4H3,(H2,18,19,20). The van der Waals surface area contributed by atoms with Crippen LogP contribution in [0.4, 0.5) is 0 Å². The lowest BCUT2D eigenvalue weighted by atomic mass is 10.1. The molecule has 0 radical (unpaired) electrons. The SMILES string of the molecule is C=CCNC(=NC)NCc1ccccc1-n1nc(C)cc1C. The maximum Gasteiger partial charge on any atom is 0.191 e. The molecule has 1 aromatic carbocycles. The van der Waals surface area contributed by atoms with E-state index in [0.717, 1.165) is 28.6 Å². The van der Waals surface area contributed by atoms with E-state index >= 15 is 0 Å². The fourth-order valence-electron chi connectivity index (χ4n) is 2.31. The number of benzene rings is 1. The zero-order valence-electron chi connectivity index (χ0n) is 13.4. The molecular formula is C17H23N5. The highest BCUT2D eigenvalue weighted by Gasteiger charge is 2.08. The van der Waals surface area contributed by atoms with E-state index in [0.29, 0.717) is 13.1 Å². The first-order valence-electron chi connectivity index (χ1n) is 7.32. The normalized spacial score (nSPS) is 11.3. The first-order chi connectivity index (χ1) is 10.7. The Balaban J connectivity index is 2.19. The van der Waals surface area contributed by atoms with Gasteiger partial charge in [0.1, 0.15) is 0 Å². The molecule has 0 amide bonds. The molecule has 2 aromatic rings. The molecular weight excluding hydrogens is 274 g/mol. The summed E-state index contributed by atoms with van der Waals surface area (Å²) >= 11 is 0. The van der Waals surface area contributed by atoms with Gasteiger partial charge in [-0.1, -0.05) is 24.3 Å². The average Bonchev–Trinajstić information content (AvgIpc) is 2.86. The van der Waals surface area contributed by atoms with E-state index in [2.05, 4.69) is 52.4 Å². The summed E-state index contributed by atoms with van der Waals surface area (Å²) in [6.45, 7) is 9.12. The lowest BCUT2D eigenvalue weighted by molar-refractivity contribution is 0.793. The van der Waals surface area contributed by atoms with Crippen LogP contribution in [0, 0.1) is 13.8 Å². The van der Waals surface area contributed by atoms with Crippen molar-refractivity contribution >= 4 is 5.96 Å². The van der Waals surface area contributed by atoms with E-state index in [9.17, 15) is 0 Å². The van der Waals surface area contributed by atoms with E-state index in [1.54, 1.807) is 13.1 Å². The molecule has 5 nitrogen and oxygen atoms in total. The Morgan fingerprint density at radius 3 is 2.73 bits per heavy atom. The van der Waals surface area contributed by atoms with Gasteiger partial charge in [0, 0.05) is 25.8 Å². The van der Waals surface area contributed by atoms with Gasteiger partial charge >= 0.3 is 0 Å². The van der Waals surface area contributed by atoms with Crippen LogP contribution in [0.15, 0.2) is 48.0 Å². The summed E-state index contributed by atoms with van der Waals surface area (Å²) < 4.78 is 1.98. The van der Waals surface area contributed by atoms with Crippen LogP contribution >= 0.6 is 0 Å². The zero-order chi connectivity index (χ0) is 15.9. The second kappa shape index (κ2) is 7.45. The molecule has 1 aromatic heterocycles. The van der Waals surface area contributed by atoms with Crippen molar-refractivity contribution in [2.75, 3.05) is 13.6 Å². The molecule has 2 N–H and O–H groups in total. The summed E-state index contributed by atoms with van der Waals surface area (Å²) in [5.74, 6) is 0.753. The van der Waals surface area contributed by atoms with Crippen molar-refractivity contribution in [2.24, 2.45) is 4.99 Å². The van der Waals surface area contributed by atoms with Crippen LogP contribution in [0.3, 0.4) is 0 Å². The Morgan fingerprint density at radius 2 is 2.09 bits per heavy atom. The highest BCUT2D eigenvalue weighted by molar-refractivity contribution is 5.79. The monoisotopic (exact) mass is 297 g/mol. The predicted molar refractivity (Wildman–Crippen MR) is 91.4 cm³/mol. The van der Waals surface area contributed by atoms with Crippen molar-refractivity contribution in [1.29, 1.82) is 0 Å². The third-order valence-electron chi connectivity index (χ3n) is 3.31. The lowest BCUT2D eigenvalue weighted by Crippen LogP contribution is -2.37. The summed E-state index contributed by atoms with van der Waals surface area (Å²) in [6.07, 6.45) is 1.80. The molecule has 0 saturated heterocycles. The van der Waals surface area contributed by atoms with Crippen molar-refractivity contribution < 1.29 is 0 Å². The third kappa shape index (κ3) is 3.75. The topological polar surface area (TPSA) is 54.2 Å². The summed E-state index contributed by atoms with van der Waals surface area (Å²) in [4.78, 5) is 4.19. The van der Waals surface area contributed by atoms with E-state index in [1.807, 2.05) is 23.7 Å². The van der Waals surface area contributed by atoms with E-state index in [1.165, 1.54) is 0 Å². The quantitative estimate of drug-likeness (QED) is 0.506. The molecule has 0 aliphatic carbocycles. The molecule has 0 bridgehead atoms. The molecule has 0 spiro atoms. The van der Waals surface area contributed by atoms with Gasteiger partial charge in [-0.3, -0.25) is 4.99 Å². The maximum atomic E-state index is 4.57. The van der Waals surface area contributed by atoms with E-state index in [4.69, 9.17) is 0 Å². The second-order valence-corrected chi connectivity index (χ2v) is 5.06. The highest BCUT2D eigenvalue weighted by Crippen LogP contribution is 2.16. The molecule has 2 rings (SSSR count). The fraction of sp³-hybridized carbons (Fsp3) is 0.294. The lowest BCUT2D eigenvalue weighted by Gasteiger charge is -2.14. The number of aliphatic imine (C=N–C) groups is 1. The molecule has 1 heterocycles. The molecule has 0 aliphatic rings. The predicted octanol–water partition coefficient (Wildman–Crippen LogP) is 2.34. The number of rotatable bonds is 5. The number of hydrogen-bond donors (Lipinski definition) is 2. The van der Waals surface area contributed by atoms with E-state index in [-0.39, 0.29) is 0 Å². The number of aryl methyl sites for hydroxylation is 2. The summed E-state index contributed by atoms with van der Waals surface area (Å²) in [5.41, 5.74) is 4.39. The summed E-state index contributed by atoms with van der Waals surface area (Å²) in [5, 5.41) is 11.0. The van der Waals surface area contributed by atoms with Crippen LogP contribution in [-0.2, 0) is 6.54 Å². The van der Waals surface area contributed by atoms with Crippen LogP contribution in [-0.4, -0.2) is 29.3 Å². The number of guanidine groups is 1. The number of nitrogens with zero attached hydrogens (tertiary/aromatic N) is 3. The van der Waals surface area contributed by atoms with Gasteiger partial charge in [0.05, 0.1) is 11.4 Å². The van der Waals surface area contributed by atoms with Crippen molar-refractivity contribution in [1.82, 2.24) is 20.4 Å². The molecule has 0 saturated carbocycles. The molecule has 0 fully saturated rings. The van der Waals surface area contributed by atoms with Crippen LogP contribution in [0.1, 0.15) is 17.0 Å². The van der Waals surface area contributed by atoms with Crippen LogP contribution in [0.25, 0.3) is 5.69 Å². The van der Waals surface area contributed by atoms with Gasteiger partial charge in [-0.25, -0.2) is 4.68 Å². The Kier molecular flexibility index (Phi) is 5.36. The maximum absolute atomic E-state index is 4.57. The molecule has 116 valence electrons. The van der Waals surface area contributed by atoms with Crippen molar-refractivity contribution in [3.8, 4) is 5.69 Å². The Labute approximate surface area is 131 Å². The van der Waals surface area contributed by atoms with Crippen LogP contribution in [0.2, 0.25) is 0 Å². The van der Waals surface area contributed by atoms with Gasteiger partial charge in [0.25, 0.3) is 0 Å². The first kappa shape index (κ1) is 15.8. The smallest absolute Gasteiger partial charge is 0.191 e. The van der Waals surface area contributed by atoms with Crippen LogP contribution < -0.4 is 10.6 Å². The summed E-state index contributed by atoms with van der Waals surface area (Å²) in [7, 11) is 1.76. The van der Waals surface area contributed by atoms with Crippen molar-refractivity contribution in [3.63, 3.8) is 0 Å². The largest absolute Gasteiger partial charge is 0.353 e. The number of hydrogen-bond acceptors (Lipinski definition) is 2. The van der Waals surface area contributed by atoms with Crippen LogP contribution in [0.5, 0.6) is 0 Å². The van der Waals surface area contributed by atoms with Gasteiger partial charge in [0.2, 0.25) is 0 Å². The third-order valence-corrected chi connectivity index (χ3v) is 3.31. The second-order valence-electron chi connectivity index (χ2n) is 5.06. The molecule has 0 atom stereocenters. The molecule has 5 heteroatoms. The zero-order valence-corrected chi connectivity index (χ0v) is 13.4. The fourth-order valence-corrected chi connectivity index (χ4v) is 2.31. The Hall–Kier alpha value is -2.56. The van der Waals surface area contributed by atoms with Gasteiger partial charge in [0.15, 0.2) is 5.96 Å². The number of aromatic nitrogens is 2. The first-order valence-corrected chi connectivity index (χ1v) is 7.32. The average molecular weight is 297 g/mol. The Bertz CT molecular complexity index is 669. The minimum absolute atomic E-state index is 0.672. The van der Waals surface area contributed by atoms with Crippen molar-refractivity contribution in [2.45, 2.75) is 20.4 Å². The number of nitrogens with one attached hydrogen (secondary N) is 2. The van der Waals surface area contributed by atoms with Gasteiger partial charge in [-0.05, 0) is 31.5 Å². The number of para-hydroxylation sites is 1.